The van der Waals surface area contributed by atoms with E-state index in [0.717, 1.165) is 31.6 Å². The third kappa shape index (κ3) is 3.48. The first-order chi connectivity index (χ1) is 12.3. The number of hydrogen-bond donors (Lipinski definition) is 1. The van der Waals surface area contributed by atoms with E-state index in [9.17, 15) is 4.79 Å². The highest BCUT2D eigenvalue weighted by Gasteiger charge is 2.30. The highest BCUT2D eigenvalue weighted by Crippen LogP contribution is 2.27. The molecule has 4 rings (SSSR count). The molecule has 0 aliphatic carbocycles. The molecule has 2 fully saturated rings. The fourth-order valence-corrected chi connectivity index (χ4v) is 3.40. The lowest BCUT2D eigenvalue weighted by atomic mass is 9.99. The first kappa shape index (κ1) is 16.0. The number of piperidine rings is 1. The second-order valence-electron chi connectivity index (χ2n) is 6.41. The fourth-order valence-electron chi connectivity index (χ4n) is 3.40. The summed E-state index contributed by atoms with van der Waals surface area (Å²) in [5.74, 6) is 0.804. The van der Waals surface area contributed by atoms with Crippen LogP contribution in [0, 0.1) is 0 Å². The van der Waals surface area contributed by atoms with E-state index in [4.69, 9.17) is 9.47 Å². The Morgan fingerprint density at radius 3 is 2.84 bits per heavy atom. The predicted octanol–water partition coefficient (Wildman–Crippen LogP) is 1.39. The molecule has 1 N–H and O–H groups in total. The normalized spacial score (nSPS) is 21.4. The molecule has 0 radical (unpaired) electrons. The molecule has 2 saturated heterocycles. The first-order valence-electron chi connectivity index (χ1n) is 8.64. The van der Waals surface area contributed by atoms with Crippen molar-refractivity contribution in [3.63, 3.8) is 0 Å². The van der Waals surface area contributed by atoms with Crippen LogP contribution in [0.3, 0.4) is 0 Å². The van der Waals surface area contributed by atoms with E-state index < -0.39 is 0 Å². The number of likely N-dealkylation sites (tertiary alicyclic amines) is 1. The van der Waals surface area contributed by atoms with Crippen LogP contribution in [0.4, 0.5) is 0 Å². The van der Waals surface area contributed by atoms with Crippen molar-refractivity contribution in [2.24, 2.45) is 0 Å². The zero-order valence-electron chi connectivity index (χ0n) is 13.9. The second-order valence-corrected chi connectivity index (χ2v) is 6.41. The Morgan fingerprint density at radius 1 is 1.24 bits per heavy atom. The Labute approximate surface area is 145 Å². The molecule has 0 spiro atoms. The third-order valence-electron chi connectivity index (χ3n) is 4.79. The number of carbonyl (C=O) groups is 1. The van der Waals surface area contributed by atoms with Gasteiger partial charge in [-0.05, 0) is 6.42 Å². The molecule has 1 unspecified atom stereocenters. The van der Waals surface area contributed by atoms with Crippen LogP contribution in [0.1, 0.15) is 41.2 Å². The highest BCUT2D eigenvalue weighted by molar-refractivity contribution is 5.95. The van der Waals surface area contributed by atoms with Gasteiger partial charge in [0.2, 0.25) is 5.88 Å². The maximum Gasteiger partial charge on any atom is 0.257 e. The first-order valence-corrected chi connectivity index (χ1v) is 8.64. The minimum absolute atomic E-state index is 0.0357. The molecular formula is C17H21N5O3. The van der Waals surface area contributed by atoms with Gasteiger partial charge in [0.25, 0.3) is 5.91 Å². The molecule has 1 atom stereocenters. The summed E-state index contributed by atoms with van der Waals surface area (Å²) in [6, 6.07) is 0. The van der Waals surface area contributed by atoms with E-state index >= 15 is 0 Å². The van der Waals surface area contributed by atoms with Crippen molar-refractivity contribution >= 4 is 5.91 Å². The largest absolute Gasteiger partial charge is 0.473 e. The average molecular weight is 343 g/mol. The van der Waals surface area contributed by atoms with E-state index in [0.29, 0.717) is 31.1 Å². The van der Waals surface area contributed by atoms with Crippen molar-refractivity contribution in [3.8, 4) is 5.88 Å². The van der Waals surface area contributed by atoms with Gasteiger partial charge >= 0.3 is 0 Å². The van der Waals surface area contributed by atoms with Crippen LogP contribution in [0.5, 0.6) is 5.88 Å². The van der Waals surface area contributed by atoms with Gasteiger partial charge in [-0.3, -0.25) is 14.9 Å². The number of ether oxygens (including phenoxy) is 2. The molecule has 0 saturated carbocycles. The predicted molar refractivity (Wildman–Crippen MR) is 88.4 cm³/mol. The molecule has 132 valence electrons. The van der Waals surface area contributed by atoms with Crippen molar-refractivity contribution in [3.05, 3.63) is 36.0 Å². The van der Waals surface area contributed by atoms with Gasteiger partial charge in [-0.15, -0.1) is 0 Å². The second kappa shape index (κ2) is 7.18. The highest BCUT2D eigenvalue weighted by atomic mass is 16.5. The van der Waals surface area contributed by atoms with Crippen molar-refractivity contribution in [1.82, 2.24) is 25.1 Å². The molecule has 0 aromatic carbocycles. The number of nitrogens with one attached hydrogen (secondary N) is 1. The van der Waals surface area contributed by atoms with Crippen molar-refractivity contribution in [1.29, 1.82) is 0 Å². The molecule has 2 aromatic rings. The number of aromatic amines is 1. The Morgan fingerprint density at radius 2 is 2.12 bits per heavy atom. The van der Waals surface area contributed by atoms with Crippen LogP contribution in [0.15, 0.2) is 24.8 Å². The van der Waals surface area contributed by atoms with Gasteiger partial charge in [-0.25, -0.2) is 4.98 Å². The van der Waals surface area contributed by atoms with Gasteiger partial charge in [0.1, 0.15) is 6.10 Å². The Bertz CT molecular complexity index is 706. The summed E-state index contributed by atoms with van der Waals surface area (Å²) in [5.41, 5.74) is 1.57. The van der Waals surface area contributed by atoms with Gasteiger partial charge in [-0.1, -0.05) is 0 Å². The number of aromatic nitrogens is 4. The lowest BCUT2D eigenvalue weighted by Crippen LogP contribution is -2.42. The van der Waals surface area contributed by atoms with E-state index in [1.807, 2.05) is 4.90 Å². The zero-order chi connectivity index (χ0) is 17.1. The van der Waals surface area contributed by atoms with E-state index in [2.05, 4.69) is 20.2 Å². The standard InChI is InChI=1S/C17H21N5O3/c23-17(14-9-20-21-16(14)12-3-8-24-11-12)22-6-1-13(2-7-22)25-15-10-18-4-5-19-15/h4-5,9-10,12-13H,1-3,6-8,11H2,(H,20,21). The van der Waals surface area contributed by atoms with Crippen LogP contribution < -0.4 is 4.74 Å². The summed E-state index contributed by atoms with van der Waals surface area (Å²) in [7, 11) is 0. The average Bonchev–Trinajstić information content (AvgIpc) is 3.34. The molecule has 2 aromatic heterocycles. The summed E-state index contributed by atoms with van der Waals surface area (Å²) in [6.45, 7) is 2.71. The molecule has 8 heteroatoms. The molecule has 1 amide bonds. The molecule has 4 heterocycles. The van der Waals surface area contributed by atoms with Gasteiger partial charge in [0.15, 0.2) is 0 Å². The third-order valence-corrected chi connectivity index (χ3v) is 4.79. The van der Waals surface area contributed by atoms with Crippen LogP contribution in [0.25, 0.3) is 0 Å². The maximum absolute atomic E-state index is 12.9. The molecule has 2 aliphatic rings. The molecule has 25 heavy (non-hydrogen) atoms. The number of amides is 1. The SMILES string of the molecule is O=C(c1cn[nH]c1C1CCOC1)N1CCC(Oc2cnccn2)CC1. The topological polar surface area (TPSA) is 93.2 Å². The van der Waals surface area contributed by atoms with Gasteiger partial charge in [0, 0.05) is 50.8 Å². The number of H-pyrrole nitrogens is 1. The quantitative estimate of drug-likeness (QED) is 0.902. The van der Waals surface area contributed by atoms with Gasteiger partial charge < -0.3 is 14.4 Å². The summed E-state index contributed by atoms with van der Waals surface area (Å²) >= 11 is 0. The Balaban J connectivity index is 1.36. The number of rotatable bonds is 4. The number of hydrogen-bond acceptors (Lipinski definition) is 6. The van der Waals surface area contributed by atoms with E-state index in [1.54, 1.807) is 24.8 Å². The zero-order valence-corrected chi connectivity index (χ0v) is 13.9. The summed E-state index contributed by atoms with van der Waals surface area (Å²) in [4.78, 5) is 22.9. The van der Waals surface area contributed by atoms with Crippen LogP contribution >= 0.6 is 0 Å². The van der Waals surface area contributed by atoms with Crippen molar-refractivity contribution in [2.75, 3.05) is 26.3 Å². The monoisotopic (exact) mass is 343 g/mol. The summed E-state index contributed by atoms with van der Waals surface area (Å²) in [5, 5.41) is 7.08. The van der Waals surface area contributed by atoms with Gasteiger partial charge in [-0.2, -0.15) is 5.10 Å². The summed E-state index contributed by atoms with van der Waals surface area (Å²) < 4.78 is 11.3. The summed E-state index contributed by atoms with van der Waals surface area (Å²) in [6.07, 6.45) is 9.03. The van der Waals surface area contributed by atoms with Crippen LogP contribution in [-0.2, 0) is 4.74 Å². The minimum Gasteiger partial charge on any atom is -0.473 e. The Kier molecular flexibility index (Phi) is 4.60. The lowest BCUT2D eigenvalue weighted by molar-refractivity contribution is 0.0585. The van der Waals surface area contributed by atoms with E-state index in [-0.39, 0.29) is 17.9 Å². The Hall–Kier alpha value is -2.48. The molecule has 2 aliphatic heterocycles. The number of nitrogens with zero attached hydrogens (tertiary/aromatic N) is 4. The fraction of sp³-hybridized carbons (Fsp3) is 0.529. The maximum atomic E-state index is 12.9. The van der Waals surface area contributed by atoms with Crippen molar-refractivity contribution < 1.29 is 14.3 Å². The van der Waals surface area contributed by atoms with Crippen LogP contribution in [0.2, 0.25) is 0 Å². The minimum atomic E-state index is 0.0357. The molecule has 0 bridgehead atoms. The number of carbonyl (C=O) groups excluding carboxylic acids is 1. The smallest absolute Gasteiger partial charge is 0.257 e. The van der Waals surface area contributed by atoms with E-state index in [1.165, 1.54) is 0 Å². The lowest BCUT2D eigenvalue weighted by Gasteiger charge is -2.32. The van der Waals surface area contributed by atoms with Gasteiger partial charge in [0.05, 0.1) is 30.3 Å². The molecular weight excluding hydrogens is 322 g/mol. The van der Waals surface area contributed by atoms with Crippen molar-refractivity contribution in [2.45, 2.75) is 31.3 Å². The molecule has 8 nitrogen and oxygen atoms in total. The van der Waals surface area contributed by atoms with Crippen LogP contribution in [-0.4, -0.2) is 63.4 Å².